The van der Waals surface area contributed by atoms with Crippen LogP contribution in [-0.4, -0.2) is 50.0 Å². The Morgan fingerprint density at radius 2 is 1.70 bits per heavy atom. The number of nitrogens with zero attached hydrogens (tertiary/aromatic N) is 1. The van der Waals surface area contributed by atoms with E-state index in [9.17, 15) is 9.59 Å². The smallest absolute Gasteiger partial charge is 0.411 e. The Kier molecular flexibility index (Phi) is 5.84. The number of hydrogen-bond donors (Lipinski definition) is 1. The minimum Gasteiger partial charge on any atom is -0.447 e. The summed E-state index contributed by atoms with van der Waals surface area (Å²) in [6.07, 6.45) is -0.653. The van der Waals surface area contributed by atoms with Crippen LogP contribution in [0.5, 0.6) is 0 Å². The molecule has 2 amide bonds. The van der Waals surface area contributed by atoms with E-state index in [-0.39, 0.29) is 41.2 Å². The molecule has 0 unspecified atom stereocenters. The number of nitrogens with one attached hydrogen (secondary N) is 1. The molecule has 2 heterocycles. The van der Waals surface area contributed by atoms with Gasteiger partial charge in [-0.2, -0.15) is 0 Å². The summed E-state index contributed by atoms with van der Waals surface area (Å²) in [5.74, 6) is -0.145. The normalized spacial score (nSPS) is 26.1. The van der Waals surface area contributed by atoms with Gasteiger partial charge in [0.05, 0.1) is 18.2 Å². The number of ether oxygens (including phenoxy) is 1. The molecular weight excluding hydrogens is 396 g/mol. The van der Waals surface area contributed by atoms with Gasteiger partial charge >= 0.3 is 6.09 Å². The fraction of sp³-hybridized carbons (Fsp3) is 0.652. The highest BCUT2D eigenvalue weighted by molar-refractivity contribution is 6.74. The Bertz CT molecular complexity index is 798. The summed E-state index contributed by atoms with van der Waals surface area (Å²) in [5, 5.41) is 3.09. The zero-order chi connectivity index (χ0) is 22.5. The van der Waals surface area contributed by atoms with E-state index in [2.05, 4.69) is 60.0 Å². The second kappa shape index (κ2) is 7.68. The zero-order valence-electron chi connectivity index (χ0n) is 19.5. The molecule has 4 atom stereocenters. The first kappa shape index (κ1) is 22.8. The van der Waals surface area contributed by atoms with Gasteiger partial charge in [-0.05, 0) is 29.1 Å². The number of carbonyl (C=O) groups excluding carboxylic acids is 2. The second-order valence-electron chi connectivity index (χ2n) is 11.1. The topological polar surface area (TPSA) is 67.9 Å². The summed E-state index contributed by atoms with van der Waals surface area (Å²) in [7, 11) is -2.10. The van der Waals surface area contributed by atoms with E-state index in [1.165, 1.54) is 0 Å². The van der Waals surface area contributed by atoms with Crippen molar-refractivity contribution in [1.82, 2.24) is 10.2 Å². The highest BCUT2D eigenvalue weighted by atomic mass is 28.4. The first-order valence-electron chi connectivity index (χ1n) is 10.7. The van der Waals surface area contributed by atoms with Gasteiger partial charge in [0.1, 0.15) is 12.6 Å². The third-order valence-corrected chi connectivity index (χ3v) is 11.2. The maximum Gasteiger partial charge on any atom is 0.411 e. The molecule has 1 N–H and O–H groups in total. The summed E-state index contributed by atoms with van der Waals surface area (Å²) < 4.78 is 12.2. The summed E-state index contributed by atoms with van der Waals surface area (Å²) in [6, 6.07) is 8.61. The van der Waals surface area contributed by atoms with Crippen LogP contribution in [0.2, 0.25) is 18.1 Å². The lowest BCUT2D eigenvalue weighted by atomic mass is 9.78. The number of carbonyl (C=O) groups is 2. The minimum atomic E-state index is -2.10. The van der Waals surface area contributed by atoms with Crippen LogP contribution in [0.4, 0.5) is 4.79 Å². The highest BCUT2D eigenvalue weighted by Gasteiger charge is 2.57. The Morgan fingerprint density at radius 3 is 2.20 bits per heavy atom. The molecule has 0 spiro atoms. The molecule has 30 heavy (non-hydrogen) atoms. The van der Waals surface area contributed by atoms with Crippen molar-refractivity contribution in [3.63, 3.8) is 0 Å². The number of benzene rings is 1. The van der Waals surface area contributed by atoms with Crippen LogP contribution in [0.15, 0.2) is 30.3 Å². The lowest BCUT2D eigenvalue weighted by Gasteiger charge is -2.52. The number of amides is 2. The van der Waals surface area contributed by atoms with Crippen LogP contribution in [0.3, 0.4) is 0 Å². The van der Waals surface area contributed by atoms with E-state index in [1.807, 2.05) is 30.3 Å². The number of rotatable bonds is 5. The van der Waals surface area contributed by atoms with Crippen molar-refractivity contribution in [1.29, 1.82) is 0 Å². The van der Waals surface area contributed by atoms with E-state index < -0.39 is 20.5 Å². The summed E-state index contributed by atoms with van der Waals surface area (Å²) >= 11 is 0. The van der Waals surface area contributed by atoms with Gasteiger partial charge < -0.3 is 14.5 Å². The maximum absolute atomic E-state index is 12.7. The summed E-state index contributed by atoms with van der Waals surface area (Å²) in [6.45, 7) is 17.7. The van der Waals surface area contributed by atoms with Crippen molar-refractivity contribution in [2.45, 2.75) is 83.9 Å². The molecule has 0 saturated carbocycles. The Morgan fingerprint density at radius 1 is 1.10 bits per heavy atom. The predicted molar refractivity (Wildman–Crippen MR) is 120 cm³/mol. The average Bonchev–Trinajstić information content (AvgIpc) is 2.98. The van der Waals surface area contributed by atoms with Crippen LogP contribution in [0, 0.1) is 5.41 Å². The van der Waals surface area contributed by atoms with Gasteiger partial charge in [0.25, 0.3) is 0 Å². The summed E-state index contributed by atoms with van der Waals surface area (Å²) in [4.78, 5) is 27.0. The molecule has 0 aromatic heterocycles. The predicted octanol–water partition coefficient (Wildman–Crippen LogP) is 4.48. The molecule has 1 aromatic rings. The molecule has 1 aromatic carbocycles. The molecule has 0 radical (unpaired) electrons. The van der Waals surface area contributed by atoms with Gasteiger partial charge in [-0.15, -0.1) is 0 Å². The first-order valence-corrected chi connectivity index (χ1v) is 13.6. The molecular formula is C23H36N2O4Si. The first-order chi connectivity index (χ1) is 13.7. The largest absolute Gasteiger partial charge is 0.447 e. The van der Waals surface area contributed by atoms with E-state index in [0.717, 1.165) is 5.56 Å². The lowest BCUT2D eigenvalue weighted by molar-refractivity contribution is -0.143. The number of β-lactam (4-membered cyclic amide) rings is 1. The Labute approximate surface area is 181 Å². The maximum atomic E-state index is 12.7. The van der Waals surface area contributed by atoms with Gasteiger partial charge in [-0.25, -0.2) is 4.79 Å². The van der Waals surface area contributed by atoms with Crippen molar-refractivity contribution in [2.75, 3.05) is 6.61 Å². The van der Waals surface area contributed by atoms with Gasteiger partial charge in [-0.3, -0.25) is 9.69 Å². The molecule has 2 aliphatic rings. The minimum absolute atomic E-state index is 0.0406. The highest BCUT2D eigenvalue weighted by Crippen LogP contribution is 2.43. The quantitative estimate of drug-likeness (QED) is 0.550. The third kappa shape index (κ3) is 4.14. The van der Waals surface area contributed by atoms with Crippen molar-refractivity contribution in [3.05, 3.63) is 35.9 Å². The van der Waals surface area contributed by atoms with Crippen molar-refractivity contribution in [3.8, 4) is 0 Å². The molecule has 3 rings (SSSR count). The molecule has 0 bridgehead atoms. The molecule has 166 valence electrons. The van der Waals surface area contributed by atoms with E-state index in [1.54, 1.807) is 4.90 Å². The van der Waals surface area contributed by atoms with Crippen LogP contribution >= 0.6 is 0 Å². The van der Waals surface area contributed by atoms with Gasteiger partial charge in [-0.1, -0.05) is 71.9 Å². The van der Waals surface area contributed by atoms with Gasteiger partial charge in [0.15, 0.2) is 8.32 Å². The SMILES string of the molecule is CC(C)(C)[C@H](O[Si](C)(C)C(C)(C)C)[C@@H]1NC(=O)[C@H]1N1C(=O)OC[C@@H]1c1ccccc1. The van der Waals surface area contributed by atoms with E-state index >= 15 is 0 Å². The molecule has 6 nitrogen and oxygen atoms in total. The molecule has 7 heteroatoms. The fourth-order valence-corrected chi connectivity index (χ4v) is 5.38. The standard InChI is InChI=1S/C23H36N2O4Si/c1-22(2,3)19(29-30(7,8)23(4,5)6)17-18(20(26)24-17)25-16(14-28-21(25)27)15-12-10-9-11-13-15/h9-13,16-19H,14H2,1-8H3,(H,24,26)/t16-,17-,18+,19-/m1/s1. The Hall–Kier alpha value is -1.86. The van der Waals surface area contributed by atoms with Gasteiger partial charge in [0, 0.05) is 0 Å². The molecule has 2 saturated heterocycles. The van der Waals surface area contributed by atoms with E-state index in [0.29, 0.717) is 0 Å². The lowest BCUT2D eigenvalue weighted by Crippen LogP contribution is -2.75. The van der Waals surface area contributed by atoms with Crippen LogP contribution in [-0.2, 0) is 14.0 Å². The third-order valence-electron chi connectivity index (χ3n) is 6.72. The van der Waals surface area contributed by atoms with Crippen LogP contribution in [0.1, 0.15) is 53.1 Å². The molecule has 0 aliphatic carbocycles. The second-order valence-corrected chi connectivity index (χ2v) is 15.8. The van der Waals surface area contributed by atoms with Crippen molar-refractivity contribution in [2.24, 2.45) is 5.41 Å². The van der Waals surface area contributed by atoms with E-state index in [4.69, 9.17) is 9.16 Å². The van der Waals surface area contributed by atoms with Crippen molar-refractivity contribution < 1.29 is 18.8 Å². The average molecular weight is 433 g/mol. The summed E-state index contributed by atoms with van der Waals surface area (Å²) in [5.41, 5.74) is 0.761. The van der Waals surface area contributed by atoms with Crippen LogP contribution < -0.4 is 5.32 Å². The zero-order valence-corrected chi connectivity index (χ0v) is 20.5. The molecule has 2 fully saturated rings. The number of hydrogen-bond acceptors (Lipinski definition) is 4. The Balaban J connectivity index is 1.93. The van der Waals surface area contributed by atoms with Crippen molar-refractivity contribution >= 4 is 20.3 Å². The van der Waals surface area contributed by atoms with Crippen LogP contribution in [0.25, 0.3) is 0 Å². The monoisotopic (exact) mass is 432 g/mol. The fourth-order valence-electron chi connectivity index (χ4n) is 3.89. The molecule has 2 aliphatic heterocycles. The number of cyclic esters (lactones) is 1. The van der Waals surface area contributed by atoms with Gasteiger partial charge in [0.2, 0.25) is 5.91 Å².